The zero-order chi connectivity index (χ0) is 12.1. The SMILES string of the molecule is CC(C)[C@@H](CO)Nc1ccccc1[N+](=O)[O-]. The van der Waals surface area contributed by atoms with Crippen LogP contribution in [0.5, 0.6) is 0 Å². The number of nitro benzene ring substituents is 1. The van der Waals surface area contributed by atoms with Gasteiger partial charge in [0.2, 0.25) is 0 Å². The fourth-order valence-corrected chi connectivity index (χ4v) is 1.38. The number of benzene rings is 1. The minimum Gasteiger partial charge on any atom is -0.394 e. The van der Waals surface area contributed by atoms with Gasteiger partial charge in [0.05, 0.1) is 17.6 Å². The molecule has 1 atom stereocenters. The number of aliphatic hydroxyl groups excluding tert-OH is 1. The molecular weight excluding hydrogens is 208 g/mol. The zero-order valence-corrected chi connectivity index (χ0v) is 9.38. The number of nitro groups is 1. The van der Waals surface area contributed by atoms with Gasteiger partial charge in [-0.2, -0.15) is 0 Å². The molecule has 0 aliphatic rings. The topological polar surface area (TPSA) is 75.4 Å². The summed E-state index contributed by atoms with van der Waals surface area (Å²) in [6.07, 6.45) is 0. The summed E-state index contributed by atoms with van der Waals surface area (Å²) in [5.74, 6) is 0.199. The van der Waals surface area contributed by atoms with Crippen molar-refractivity contribution in [1.82, 2.24) is 0 Å². The van der Waals surface area contributed by atoms with E-state index in [-0.39, 0.29) is 24.3 Å². The molecule has 0 bridgehead atoms. The number of para-hydroxylation sites is 2. The molecule has 0 unspecified atom stereocenters. The highest BCUT2D eigenvalue weighted by molar-refractivity contribution is 5.61. The van der Waals surface area contributed by atoms with Crippen LogP contribution in [0.1, 0.15) is 13.8 Å². The molecule has 0 fully saturated rings. The van der Waals surface area contributed by atoms with Crippen LogP contribution in [0.2, 0.25) is 0 Å². The fraction of sp³-hybridized carbons (Fsp3) is 0.455. The number of aliphatic hydroxyl groups is 1. The summed E-state index contributed by atoms with van der Waals surface area (Å²) in [7, 11) is 0. The van der Waals surface area contributed by atoms with Crippen molar-refractivity contribution >= 4 is 11.4 Å². The predicted octanol–water partition coefficient (Wildman–Crippen LogP) is 2.02. The molecule has 88 valence electrons. The van der Waals surface area contributed by atoms with Crippen LogP contribution in [0.3, 0.4) is 0 Å². The van der Waals surface area contributed by atoms with Gasteiger partial charge in [-0.3, -0.25) is 10.1 Å². The highest BCUT2D eigenvalue weighted by atomic mass is 16.6. The van der Waals surface area contributed by atoms with Crippen LogP contribution < -0.4 is 5.32 Å². The lowest BCUT2D eigenvalue weighted by atomic mass is 10.0. The van der Waals surface area contributed by atoms with E-state index in [2.05, 4.69) is 5.32 Å². The van der Waals surface area contributed by atoms with E-state index in [0.717, 1.165) is 0 Å². The molecule has 1 aromatic carbocycles. The molecule has 0 aliphatic heterocycles. The van der Waals surface area contributed by atoms with Crippen molar-refractivity contribution in [2.24, 2.45) is 5.92 Å². The van der Waals surface area contributed by atoms with Crippen LogP contribution in [0.4, 0.5) is 11.4 Å². The second kappa shape index (κ2) is 5.46. The van der Waals surface area contributed by atoms with E-state index in [9.17, 15) is 10.1 Å². The Kier molecular flexibility index (Phi) is 4.25. The van der Waals surface area contributed by atoms with E-state index in [1.54, 1.807) is 18.2 Å². The smallest absolute Gasteiger partial charge is 0.292 e. The molecule has 0 aromatic heterocycles. The number of nitrogens with zero attached hydrogens (tertiary/aromatic N) is 1. The molecule has 1 aromatic rings. The fourth-order valence-electron chi connectivity index (χ4n) is 1.38. The first kappa shape index (κ1) is 12.4. The maximum atomic E-state index is 10.8. The van der Waals surface area contributed by atoms with Crippen molar-refractivity contribution < 1.29 is 10.0 Å². The largest absolute Gasteiger partial charge is 0.394 e. The summed E-state index contributed by atoms with van der Waals surface area (Å²) in [5.41, 5.74) is 0.474. The Morgan fingerprint density at radius 3 is 2.56 bits per heavy atom. The predicted molar refractivity (Wildman–Crippen MR) is 62.4 cm³/mol. The molecule has 5 heteroatoms. The molecule has 0 heterocycles. The second-order valence-electron chi connectivity index (χ2n) is 3.95. The van der Waals surface area contributed by atoms with E-state index in [1.165, 1.54) is 6.07 Å². The quantitative estimate of drug-likeness (QED) is 0.592. The maximum absolute atomic E-state index is 10.8. The van der Waals surface area contributed by atoms with Gasteiger partial charge in [-0.1, -0.05) is 26.0 Å². The van der Waals surface area contributed by atoms with Crippen LogP contribution in [-0.4, -0.2) is 22.7 Å². The van der Waals surface area contributed by atoms with Crippen LogP contribution in [-0.2, 0) is 0 Å². The first-order valence-corrected chi connectivity index (χ1v) is 5.17. The van der Waals surface area contributed by atoms with Crippen molar-refractivity contribution in [2.45, 2.75) is 19.9 Å². The lowest BCUT2D eigenvalue weighted by molar-refractivity contribution is -0.384. The Labute approximate surface area is 94.3 Å². The van der Waals surface area contributed by atoms with E-state index < -0.39 is 4.92 Å². The van der Waals surface area contributed by atoms with Gasteiger partial charge in [0, 0.05) is 6.07 Å². The van der Waals surface area contributed by atoms with Crippen molar-refractivity contribution in [2.75, 3.05) is 11.9 Å². The molecule has 0 amide bonds. The van der Waals surface area contributed by atoms with Crippen molar-refractivity contribution in [1.29, 1.82) is 0 Å². The molecule has 1 rings (SSSR count). The normalized spacial score (nSPS) is 12.5. The third-order valence-electron chi connectivity index (χ3n) is 2.44. The van der Waals surface area contributed by atoms with Gasteiger partial charge < -0.3 is 10.4 Å². The van der Waals surface area contributed by atoms with Crippen LogP contribution in [0.15, 0.2) is 24.3 Å². The summed E-state index contributed by atoms with van der Waals surface area (Å²) >= 11 is 0. The molecule has 2 N–H and O–H groups in total. The second-order valence-corrected chi connectivity index (χ2v) is 3.95. The number of hydrogen-bond donors (Lipinski definition) is 2. The molecular formula is C11H16N2O3. The summed E-state index contributed by atoms with van der Waals surface area (Å²) in [6, 6.07) is 6.25. The lowest BCUT2D eigenvalue weighted by Crippen LogP contribution is -2.29. The first-order valence-electron chi connectivity index (χ1n) is 5.17. The Balaban J connectivity index is 2.91. The van der Waals surface area contributed by atoms with E-state index >= 15 is 0 Å². The van der Waals surface area contributed by atoms with Gasteiger partial charge in [0.25, 0.3) is 5.69 Å². The summed E-state index contributed by atoms with van der Waals surface area (Å²) in [6.45, 7) is 3.84. The van der Waals surface area contributed by atoms with Gasteiger partial charge in [-0.25, -0.2) is 0 Å². The molecule has 16 heavy (non-hydrogen) atoms. The highest BCUT2D eigenvalue weighted by Crippen LogP contribution is 2.24. The van der Waals surface area contributed by atoms with Gasteiger partial charge in [0.1, 0.15) is 5.69 Å². The Bertz CT molecular complexity index is 366. The number of anilines is 1. The van der Waals surface area contributed by atoms with Crippen molar-refractivity contribution in [3.05, 3.63) is 34.4 Å². The minimum absolute atomic E-state index is 0.0293. The third-order valence-corrected chi connectivity index (χ3v) is 2.44. The molecule has 5 nitrogen and oxygen atoms in total. The van der Waals surface area contributed by atoms with Crippen LogP contribution >= 0.6 is 0 Å². The van der Waals surface area contributed by atoms with E-state index in [0.29, 0.717) is 5.69 Å². The van der Waals surface area contributed by atoms with Gasteiger partial charge >= 0.3 is 0 Å². The monoisotopic (exact) mass is 224 g/mol. The Morgan fingerprint density at radius 2 is 2.06 bits per heavy atom. The molecule has 0 radical (unpaired) electrons. The van der Waals surface area contributed by atoms with Gasteiger partial charge in [-0.05, 0) is 12.0 Å². The van der Waals surface area contributed by atoms with Crippen molar-refractivity contribution in [3.63, 3.8) is 0 Å². The number of nitrogens with one attached hydrogen (secondary N) is 1. The summed E-state index contributed by atoms with van der Waals surface area (Å²) < 4.78 is 0. The molecule has 0 saturated carbocycles. The standard InChI is InChI=1S/C11H16N2O3/c1-8(2)10(7-14)12-9-5-3-4-6-11(9)13(15)16/h3-6,8,10,12,14H,7H2,1-2H3/t10-/m1/s1. The third kappa shape index (κ3) is 2.93. The Hall–Kier alpha value is -1.62. The van der Waals surface area contributed by atoms with Crippen LogP contribution in [0, 0.1) is 16.0 Å². The average Bonchev–Trinajstić information content (AvgIpc) is 2.25. The molecule has 0 aliphatic carbocycles. The van der Waals surface area contributed by atoms with Gasteiger partial charge in [-0.15, -0.1) is 0 Å². The van der Waals surface area contributed by atoms with E-state index in [1.807, 2.05) is 13.8 Å². The Morgan fingerprint density at radius 1 is 1.44 bits per heavy atom. The maximum Gasteiger partial charge on any atom is 0.292 e. The lowest BCUT2D eigenvalue weighted by Gasteiger charge is -2.20. The summed E-state index contributed by atoms with van der Waals surface area (Å²) in [4.78, 5) is 10.3. The minimum atomic E-state index is -0.433. The van der Waals surface area contributed by atoms with Crippen LogP contribution in [0.25, 0.3) is 0 Å². The highest BCUT2D eigenvalue weighted by Gasteiger charge is 2.17. The average molecular weight is 224 g/mol. The first-order chi connectivity index (χ1) is 7.56. The zero-order valence-electron chi connectivity index (χ0n) is 9.38. The van der Waals surface area contributed by atoms with Crippen molar-refractivity contribution in [3.8, 4) is 0 Å². The molecule has 0 saturated heterocycles. The number of rotatable bonds is 5. The summed E-state index contributed by atoms with van der Waals surface area (Å²) in [5, 5.41) is 22.9. The van der Waals surface area contributed by atoms with E-state index in [4.69, 9.17) is 5.11 Å². The molecule has 0 spiro atoms. The van der Waals surface area contributed by atoms with Gasteiger partial charge in [0.15, 0.2) is 0 Å². The number of hydrogen-bond acceptors (Lipinski definition) is 4.